The van der Waals surface area contributed by atoms with Gasteiger partial charge in [0.25, 0.3) is 5.91 Å². The molecule has 2 nitrogen and oxygen atoms in total. The Kier molecular flexibility index (Phi) is 5.55. The number of halogens is 3. The van der Waals surface area contributed by atoms with Crippen molar-refractivity contribution in [3.05, 3.63) is 33.3 Å². The lowest BCUT2D eigenvalue weighted by Gasteiger charge is -2.21. The van der Waals surface area contributed by atoms with Gasteiger partial charge in [0.05, 0.1) is 16.0 Å². The van der Waals surface area contributed by atoms with Crippen molar-refractivity contribution in [1.29, 1.82) is 0 Å². The van der Waals surface area contributed by atoms with Gasteiger partial charge in [0.2, 0.25) is 0 Å². The van der Waals surface area contributed by atoms with Crippen molar-refractivity contribution < 1.29 is 4.79 Å². The van der Waals surface area contributed by atoms with Crippen LogP contribution < -0.4 is 5.32 Å². The summed E-state index contributed by atoms with van der Waals surface area (Å²) >= 11 is 15.7. The van der Waals surface area contributed by atoms with E-state index in [2.05, 4.69) is 21.2 Å². The third-order valence-corrected chi connectivity index (χ3v) is 4.77. The van der Waals surface area contributed by atoms with Crippen LogP contribution >= 0.6 is 39.1 Å². The van der Waals surface area contributed by atoms with Gasteiger partial charge in [-0.3, -0.25) is 4.79 Å². The van der Waals surface area contributed by atoms with Crippen LogP contribution in [0.5, 0.6) is 0 Å². The van der Waals surface area contributed by atoms with E-state index in [9.17, 15) is 4.79 Å². The SMILES string of the molecule is O=C(NC1CCCCCC1Cl)c1cc(Br)ccc1Cl. The molecule has 0 saturated heterocycles. The second-order valence-electron chi connectivity index (χ2n) is 4.86. The van der Waals surface area contributed by atoms with Gasteiger partial charge in [0.1, 0.15) is 0 Å². The Morgan fingerprint density at radius 2 is 2.00 bits per heavy atom. The normalized spacial score (nSPS) is 23.7. The lowest BCUT2D eigenvalue weighted by atomic mass is 10.1. The third kappa shape index (κ3) is 4.11. The summed E-state index contributed by atoms with van der Waals surface area (Å²) in [5.74, 6) is -0.149. The highest BCUT2D eigenvalue weighted by molar-refractivity contribution is 9.10. The number of amides is 1. The first-order chi connectivity index (χ1) is 9.08. The van der Waals surface area contributed by atoms with Crippen molar-refractivity contribution in [3.63, 3.8) is 0 Å². The molecular weight excluding hydrogens is 349 g/mol. The first-order valence-corrected chi connectivity index (χ1v) is 8.08. The van der Waals surface area contributed by atoms with Crippen molar-refractivity contribution in [2.75, 3.05) is 0 Å². The molecule has 104 valence electrons. The maximum atomic E-state index is 12.3. The largest absolute Gasteiger partial charge is 0.348 e. The minimum atomic E-state index is -0.149. The molecule has 1 amide bonds. The number of hydrogen-bond acceptors (Lipinski definition) is 1. The van der Waals surface area contributed by atoms with Gasteiger partial charge in [0, 0.05) is 10.5 Å². The van der Waals surface area contributed by atoms with Crippen molar-refractivity contribution in [1.82, 2.24) is 5.32 Å². The highest BCUT2D eigenvalue weighted by Gasteiger charge is 2.24. The molecule has 1 fully saturated rings. The molecule has 19 heavy (non-hydrogen) atoms. The topological polar surface area (TPSA) is 29.1 Å². The van der Waals surface area contributed by atoms with Crippen LogP contribution in [0.25, 0.3) is 0 Å². The summed E-state index contributed by atoms with van der Waals surface area (Å²) in [7, 11) is 0. The molecule has 1 aromatic rings. The van der Waals surface area contributed by atoms with Crippen LogP contribution in [0.15, 0.2) is 22.7 Å². The van der Waals surface area contributed by atoms with Gasteiger partial charge in [-0.15, -0.1) is 11.6 Å². The summed E-state index contributed by atoms with van der Waals surface area (Å²) < 4.78 is 0.838. The molecule has 1 N–H and O–H groups in total. The second kappa shape index (κ2) is 6.96. The van der Waals surface area contributed by atoms with E-state index in [0.717, 1.165) is 30.2 Å². The molecule has 0 spiro atoms. The standard InChI is InChI=1S/C14H16BrCl2NO/c15-9-6-7-11(16)10(8-9)14(19)18-13-5-3-1-2-4-12(13)17/h6-8,12-13H,1-5H2,(H,18,19). The van der Waals surface area contributed by atoms with Crippen LogP contribution in [0.3, 0.4) is 0 Å². The molecule has 1 saturated carbocycles. The van der Waals surface area contributed by atoms with Gasteiger partial charge in [-0.05, 0) is 31.0 Å². The Balaban J connectivity index is 2.09. The average Bonchev–Trinajstić information content (AvgIpc) is 2.58. The molecule has 2 atom stereocenters. The fourth-order valence-electron chi connectivity index (χ4n) is 2.34. The van der Waals surface area contributed by atoms with Crippen molar-refractivity contribution in [3.8, 4) is 0 Å². The van der Waals surface area contributed by atoms with Gasteiger partial charge in [-0.1, -0.05) is 46.8 Å². The summed E-state index contributed by atoms with van der Waals surface area (Å²) in [5, 5.41) is 3.49. The van der Waals surface area contributed by atoms with Crippen LogP contribution in [-0.4, -0.2) is 17.3 Å². The molecule has 1 aliphatic rings. The highest BCUT2D eigenvalue weighted by Crippen LogP contribution is 2.24. The third-order valence-electron chi connectivity index (χ3n) is 3.42. The van der Waals surface area contributed by atoms with E-state index >= 15 is 0 Å². The van der Waals surface area contributed by atoms with Crippen molar-refractivity contribution in [2.24, 2.45) is 0 Å². The Labute approximate surface area is 132 Å². The molecule has 1 aromatic carbocycles. The zero-order valence-corrected chi connectivity index (χ0v) is 13.6. The second-order valence-corrected chi connectivity index (χ2v) is 6.74. The van der Waals surface area contributed by atoms with Gasteiger partial charge < -0.3 is 5.32 Å². The molecule has 2 unspecified atom stereocenters. The Hall–Kier alpha value is -0.250. The minimum Gasteiger partial charge on any atom is -0.348 e. The zero-order chi connectivity index (χ0) is 13.8. The van der Waals surface area contributed by atoms with E-state index < -0.39 is 0 Å². The van der Waals surface area contributed by atoms with Crippen LogP contribution in [0.2, 0.25) is 5.02 Å². The smallest absolute Gasteiger partial charge is 0.253 e. The van der Waals surface area contributed by atoms with E-state index in [1.54, 1.807) is 12.1 Å². The van der Waals surface area contributed by atoms with E-state index in [0.29, 0.717) is 10.6 Å². The number of carbonyl (C=O) groups excluding carboxylic acids is 1. The van der Waals surface area contributed by atoms with Gasteiger partial charge in [-0.2, -0.15) is 0 Å². The molecule has 5 heteroatoms. The van der Waals surface area contributed by atoms with Crippen molar-refractivity contribution >= 4 is 45.0 Å². The van der Waals surface area contributed by atoms with Crippen LogP contribution in [0.4, 0.5) is 0 Å². The number of benzene rings is 1. The number of nitrogens with one attached hydrogen (secondary N) is 1. The summed E-state index contributed by atoms with van der Waals surface area (Å²) in [6, 6.07) is 5.30. The summed E-state index contributed by atoms with van der Waals surface area (Å²) in [4.78, 5) is 12.3. The Bertz CT molecular complexity index is 467. The quantitative estimate of drug-likeness (QED) is 0.594. The maximum Gasteiger partial charge on any atom is 0.253 e. The molecule has 0 aliphatic heterocycles. The van der Waals surface area contributed by atoms with E-state index in [4.69, 9.17) is 23.2 Å². The Morgan fingerprint density at radius 1 is 1.26 bits per heavy atom. The zero-order valence-electron chi connectivity index (χ0n) is 10.5. The molecule has 0 aromatic heterocycles. The fraction of sp³-hybridized carbons (Fsp3) is 0.500. The summed E-state index contributed by atoms with van der Waals surface area (Å²) in [6.45, 7) is 0. The van der Waals surface area contributed by atoms with Gasteiger partial charge >= 0.3 is 0 Å². The van der Waals surface area contributed by atoms with Gasteiger partial charge in [0.15, 0.2) is 0 Å². The lowest BCUT2D eigenvalue weighted by molar-refractivity contribution is 0.0934. The van der Waals surface area contributed by atoms with Gasteiger partial charge in [-0.25, -0.2) is 0 Å². The van der Waals surface area contributed by atoms with E-state index in [1.807, 2.05) is 6.07 Å². The minimum absolute atomic E-state index is 0.0115. The van der Waals surface area contributed by atoms with Crippen LogP contribution in [-0.2, 0) is 0 Å². The maximum absolute atomic E-state index is 12.3. The van der Waals surface area contributed by atoms with Crippen molar-refractivity contribution in [2.45, 2.75) is 43.5 Å². The van der Waals surface area contributed by atoms with Crippen LogP contribution in [0, 0.1) is 0 Å². The number of rotatable bonds is 2. The average molecular weight is 365 g/mol. The molecule has 0 radical (unpaired) electrons. The Morgan fingerprint density at radius 3 is 2.79 bits per heavy atom. The van der Waals surface area contributed by atoms with Crippen LogP contribution in [0.1, 0.15) is 42.5 Å². The number of hydrogen-bond donors (Lipinski definition) is 1. The highest BCUT2D eigenvalue weighted by atomic mass is 79.9. The fourth-order valence-corrected chi connectivity index (χ4v) is 3.25. The summed E-state index contributed by atoms with van der Waals surface area (Å²) in [5.41, 5.74) is 0.490. The van der Waals surface area contributed by atoms with E-state index in [1.165, 1.54) is 6.42 Å². The monoisotopic (exact) mass is 363 g/mol. The van der Waals surface area contributed by atoms with E-state index in [-0.39, 0.29) is 17.3 Å². The number of carbonyl (C=O) groups is 1. The lowest BCUT2D eigenvalue weighted by Crippen LogP contribution is -2.40. The molecule has 2 rings (SSSR count). The molecule has 0 bridgehead atoms. The molecular formula is C14H16BrCl2NO. The number of alkyl halides is 1. The first-order valence-electron chi connectivity index (χ1n) is 6.48. The summed E-state index contributed by atoms with van der Waals surface area (Å²) in [6.07, 6.45) is 5.33. The predicted molar refractivity (Wildman–Crippen MR) is 83.1 cm³/mol. The first kappa shape index (κ1) is 15.1. The molecule has 1 aliphatic carbocycles. The molecule has 0 heterocycles. The predicted octanol–water partition coefficient (Wildman–Crippen LogP) is 4.77.